The van der Waals surface area contributed by atoms with Crippen LogP contribution in [0.5, 0.6) is 0 Å². The summed E-state index contributed by atoms with van der Waals surface area (Å²) in [6.07, 6.45) is 13.2. The molecule has 0 fully saturated rings. The monoisotopic (exact) mass is 206 g/mol. The third-order valence-electron chi connectivity index (χ3n) is 2.69. The molecule has 0 aliphatic carbocycles. The van der Waals surface area contributed by atoms with Gasteiger partial charge in [-0.3, -0.25) is 0 Å². The van der Waals surface area contributed by atoms with E-state index in [1.54, 1.807) is 0 Å². The van der Waals surface area contributed by atoms with Gasteiger partial charge in [0.25, 0.3) is 0 Å². The maximum Gasteiger partial charge on any atom is -0.0280 e. The van der Waals surface area contributed by atoms with Crippen molar-refractivity contribution in [3.05, 3.63) is 36.5 Å². The molecule has 86 valence electrons. The fourth-order valence-corrected chi connectivity index (χ4v) is 1.69. The van der Waals surface area contributed by atoms with Crippen LogP contribution in [0.15, 0.2) is 36.5 Å². The lowest BCUT2D eigenvalue weighted by molar-refractivity contribution is 0.305. The van der Waals surface area contributed by atoms with E-state index in [1.807, 2.05) is 19.1 Å². The zero-order chi connectivity index (χ0) is 11.7. The van der Waals surface area contributed by atoms with Crippen LogP contribution < -0.4 is 0 Å². The molecule has 15 heavy (non-hydrogen) atoms. The second-order valence-electron chi connectivity index (χ2n) is 4.96. The molecule has 0 saturated carbocycles. The zero-order valence-corrected chi connectivity index (χ0v) is 10.8. The third kappa shape index (κ3) is 8.23. The van der Waals surface area contributed by atoms with E-state index in [0.717, 1.165) is 6.42 Å². The van der Waals surface area contributed by atoms with Gasteiger partial charge in [0.2, 0.25) is 0 Å². The normalized spacial score (nSPS) is 12.8. The van der Waals surface area contributed by atoms with Crippen molar-refractivity contribution in [3.63, 3.8) is 0 Å². The minimum atomic E-state index is 0.464. The van der Waals surface area contributed by atoms with Gasteiger partial charge in [-0.2, -0.15) is 0 Å². The Hall–Kier alpha value is -0.780. The Balaban J connectivity index is 3.89. The molecule has 0 saturated heterocycles. The van der Waals surface area contributed by atoms with Crippen LogP contribution in [0.4, 0.5) is 0 Å². The van der Waals surface area contributed by atoms with Crippen LogP contribution in [0, 0.1) is 5.41 Å². The second kappa shape index (κ2) is 7.50. The maximum absolute atomic E-state index is 4.07. The fourth-order valence-electron chi connectivity index (χ4n) is 1.69. The average molecular weight is 206 g/mol. The Kier molecular flexibility index (Phi) is 7.11. The molecule has 0 bridgehead atoms. The summed E-state index contributed by atoms with van der Waals surface area (Å²) in [6, 6.07) is 0. The SMILES string of the molecule is C=C(/C=C\C=CC)CCC(C)(C)CCC. The molecule has 0 nitrogen and oxygen atoms in total. The average Bonchev–Trinajstić information content (AvgIpc) is 2.15. The van der Waals surface area contributed by atoms with Gasteiger partial charge in [-0.1, -0.05) is 63.6 Å². The van der Waals surface area contributed by atoms with E-state index in [-0.39, 0.29) is 0 Å². The van der Waals surface area contributed by atoms with E-state index in [2.05, 4.69) is 39.5 Å². The van der Waals surface area contributed by atoms with E-state index in [9.17, 15) is 0 Å². The predicted molar refractivity (Wildman–Crippen MR) is 71.0 cm³/mol. The summed E-state index contributed by atoms with van der Waals surface area (Å²) in [5.41, 5.74) is 1.70. The highest BCUT2D eigenvalue weighted by Crippen LogP contribution is 2.29. The van der Waals surface area contributed by atoms with E-state index in [4.69, 9.17) is 0 Å². The molecule has 0 spiro atoms. The lowest BCUT2D eigenvalue weighted by atomic mass is 9.82. The number of allylic oxidation sites excluding steroid dienone is 5. The lowest BCUT2D eigenvalue weighted by Crippen LogP contribution is -2.10. The highest BCUT2D eigenvalue weighted by atomic mass is 14.2. The molecule has 0 aliphatic heterocycles. The van der Waals surface area contributed by atoms with Crippen LogP contribution in [-0.2, 0) is 0 Å². The molecule has 0 rings (SSSR count). The zero-order valence-electron chi connectivity index (χ0n) is 10.8. The minimum Gasteiger partial charge on any atom is -0.0958 e. The van der Waals surface area contributed by atoms with Gasteiger partial charge in [0.1, 0.15) is 0 Å². The van der Waals surface area contributed by atoms with Crippen LogP contribution in [0.1, 0.15) is 53.4 Å². The van der Waals surface area contributed by atoms with Crippen molar-refractivity contribution in [3.8, 4) is 0 Å². The van der Waals surface area contributed by atoms with Crippen molar-refractivity contribution in [2.45, 2.75) is 53.4 Å². The number of rotatable bonds is 7. The van der Waals surface area contributed by atoms with Crippen LogP contribution in [0.2, 0.25) is 0 Å². The van der Waals surface area contributed by atoms with Crippen LogP contribution in [0.25, 0.3) is 0 Å². The smallest absolute Gasteiger partial charge is 0.0280 e. The minimum absolute atomic E-state index is 0.464. The molecule has 0 amide bonds. The van der Waals surface area contributed by atoms with Crippen molar-refractivity contribution in [1.29, 1.82) is 0 Å². The Morgan fingerprint density at radius 1 is 1.20 bits per heavy atom. The molecule has 0 aromatic carbocycles. The summed E-state index contributed by atoms with van der Waals surface area (Å²) < 4.78 is 0. The molecule has 0 heterocycles. The van der Waals surface area contributed by atoms with E-state index in [1.165, 1.54) is 24.8 Å². The molecular formula is C15H26. The first-order valence-corrected chi connectivity index (χ1v) is 5.99. The van der Waals surface area contributed by atoms with E-state index < -0.39 is 0 Å². The molecule has 0 aromatic rings. The highest BCUT2D eigenvalue weighted by Gasteiger charge is 2.15. The van der Waals surface area contributed by atoms with E-state index >= 15 is 0 Å². The maximum atomic E-state index is 4.07. The van der Waals surface area contributed by atoms with Crippen molar-refractivity contribution in [1.82, 2.24) is 0 Å². The Labute approximate surface area is 95.8 Å². The van der Waals surface area contributed by atoms with Crippen molar-refractivity contribution < 1.29 is 0 Å². The number of hydrogen-bond donors (Lipinski definition) is 0. The van der Waals surface area contributed by atoms with Gasteiger partial charge < -0.3 is 0 Å². The van der Waals surface area contributed by atoms with E-state index in [0.29, 0.717) is 5.41 Å². The molecule has 0 radical (unpaired) electrons. The highest BCUT2D eigenvalue weighted by molar-refractivity contribution is 5.18. The van der Waals surface area contributed by atoms with Gasteiger partial charge in [-0.05, 0) is 31.6 Å². The fraction of sp³-hybridized carbons (Fsp3) is 0.600. The summed E-state index contributed by atoms with van der Waals surface area (Å²) >= 11 is 0. The summed E-state index contributed by atoms with van der Waals surface area (Å²) in [5.74, 6) is 0. The quantitative estimate of drug-likeness (QED) is 0.497. The van der Waals surface area contributed by atoms with Gasteiger partial charge in [0.15, 0.2) is 0 Å². The largest absolute Gasteiger partial charge is 0.0958 e. The Bertz CT molecular complexity index is 228. The topological polar surface area (TPSA) is 0 Å². The number of hydrogen-bond acceptors (Lipinski definition) is 0. The molecular weight excluding hydrogens is 180 g/mol. The Morgan fingerprint density at radius 2 is 1.87 bits per heavy atom. The third-order valence-corrected chi connectivity index (χ3v) is 2.69. The van der Waals surface area contributed by atoms with Crippen molar-refractivity contribution in [2.75, 3.05) is 0 Å². The first kappa shape index (κ1) is 14.2. The summed E-state index contributed by atoms with van der Waals surface area (Å²) in [6.45, 7) is 13.0. The van der Waals surface area contributed by atoms with Gasteiger partial charge >= 0.3 is 0 Å². The Morgan fingerprint density at radius 3 is 2.40 bits per heavy atom. The molecule has 0 aliphatic rings. The molecule has 0 heteroatoms. The van der Waals surface area contributed by atoms with Crippen LogP contribution in [0.3, 0.4) is 0 Å². The first-order chi connectivity index (χ1) is 7.02. The van der Waals surface area contributed by atoms with Gasteiger partial charge in [0.05, 0.1) is 0 Å². The predicted octanol–water partition coefficient (Wildman–Crippen LogP) is 5.28. The molecule has 0 unspecified atom stereocenters. The van der Waals surface area contributed by atoms with Crippen molar-refractivity contribution in [2.24, 2.45) is 5.41 Å². The summed E-state index contributed by atoms with van der Waals surface area (Å²) in [7, 11) is 0. The first-order valence-electron chi connectivity index (χ1n) is 5.99. The van der Waals surface area contributed by atoms with Crippen LogP contribution >= 0.6 is 0 Å². The van der Waals surface area contributed by atoms with Gasteiger partial charge in [0, 0.05) is 0 Å². The second-order valence-corrected chi connectivity index (χ2v) is 4.96. The standard InChI is InChI=1S/C15H26/c1-6-8-9-10-14(3)11-13-15(4,5)12-7-2/h6,8-10H,3,7,11-13H2,1-2,4-5H3/b8-6?,10-9-. The summed E-state index contributed by atoms with van der Waals surface area (Å²) in [5, 5.41) is 0. The lowest BCUT2D eigenvalue weighted by Gasteiger charge is -2.23. The van der Waals surface area contributed by atoms with Crippen molar-refractivity contribution >= 4 is 0 Å². The molecule has 0 aromatic heterocycles. The molecule has 0 atom stereocenters. The van der Waals surface area contributed by atoms with Crippen LogP contribution in [-0.4, -0.2) is 0 Å². The van der Waals surface area contributed by atoms with Gasteiger partial charge in [-0.15, -0.1) is 0 Å². The summed E-state index contributed by atoms with van der Waals surface area (Å²) in [4.78, 5) is 0. The molecule has 0 N–H and O–H groups in total. The van der Waals surface area contributed by atoms with Gasteiger partial charge in [-0.25, -0.2) is 0 Å².